The molecule has 0 amide bonds. The molecule has 0 saturated carbocycles. The van der Waals surface area contributed by atoms with E-state index in [1.165, 1.54) is 6.20 Å². The number of halogens is 2. The largest absolute Gasteiger partial charge is 0.334 e. The molecule has 0 aliphatic carbocycles. The van der Waals surface area contributed by atoms with Gasteiger partial charge in [0.15, 0.2) is 5.03 Å². The van der Waals surface area contributed by atoms with Gasteiger partial charge in [0.1, 0.15) is 5.82 Å². The lowest BCUT2D eigenvalue weighted by Gasteiger charge is -2.13. The van der Waals surface area contributed by atoms with E-state index in [0.29, 0.717) is 12.4 Å². The van der Waals surface area contributed by atoms with Crippen molar-refractivity contribution >= 4 is 10.0 Å². The number of nitrogens with two attached hydrogens (primary N) is 1. The average molecular weight is 296 g/mol. The van der Waals surface area contributed by atoms with Gasteiger partial charge in [-0.25, -0.2) is 26.9 Å². The second-order valence-corrected chi connectivity index (χ2v) is 5.92. The molecule has 0 aromatic carbocycles. The molecular formula is C10H18F2N4O2S. The van der Waals surface area contributed by atoms with Crippen molar-refractivity contribution in [1.82, 2.24) is 14.3 Å². The highest BCUT2D eigenvalue weighted by atomic mass is 32.2. The van der Waals surface area contributed by atoms with Crippen LogP contribution in [0.15, 0.2) is 11.2 Å². The molecule has 0 atom stereocenters. The van der Waals surface area contributed by atoms with Gasteiger partial charge in [-0.3, -0.25) is 0 Å². The van der Waals surface area contributed by atoms with Gasteiger partial charge in [0.05, 0.1) is 13.1 Å². The minimum Gasteiger partial charge on any atom is -0.334 e. The molecule has 19 heavy (non-hydrogen) atoms. The summed E-state index contributed by atoms with van der Waals surface area (Å²) in [5, 5.41) is -0.258. The summed E-state index contributed by atoms with van der Waals surface area (Å²) in [5.74, 6) is -2.75. The number of nitrogens with zero attached hydrogens (tertiary/aromatic N) is 2. The fourth-order valence-electron chi connectivity index (χ4n) is 1.42. The van der Waals surface area contributed by atoms with Crippen molar-refractivity contribution in [2.75, 3.05) is 13.1 Å². The number of aromatic nitrogens is 2. The normalized spacial score (nSPS) is 12.9. The summed E-state index contributed by atoms with van der Waals surface area (Å²) in [6, 6.07) is 0. The number of sulfonamides is 1. The third-order valence-electron chi connectivity index (χ3n) is 2.51. The molecule has 1 heterocycles. The van der Waals surface area contributed by atoms with Gasteiger partial charge in [-0.2, -0.15) is 0 Å². The molecule has 0 spiro atoms. The molecule has 0 aliphatic rings. The zero-order valence-electron chi connectivity index (χ0n) is 10.9. The van der Waals surface area contributed by atoms with Gasteiger partial charge in [0.2, 0.25) is 0 Å². The van der Waals surface area contributed by atoms with Crippen LogP contribution in [0.4, 0.5) is 8.78 Å². The van der Waals surface area contributed by atoms with Crippen LogP contribution in [0.25, 0.3) is 0 Å². The molecule has 110 valence electrons. The van der Waals surface area contributed by atoms with E-state index in [1.54, 1.807) is 11.5 Å². The molecule has 3 N–H and O–H groups in total. The highest BCUT2D eigenvalue weighted by molar-refractivity contribution is 7.89. The highest BCUT2D eigenvalue weighted by Gasteiger charge is 2.30. The van der Waals surface area contributed by atoms with Crippen LogP contribution in [0.5, 0.6) is 0 Å². The van der Waals surface area contributed by atoms with Crippen LogP contribution in [0.2, 0.25) is 0 Å². The van der Waals surface area contributed by atoms with Crippen LogP contribution in [-0.4, -0.2) is 37.0 Å². The Hall–Kier alpha value is -1.06. The van der Waals surface area contributed by atoms with Crippen LogP contribution in [0.3, 0.4) is 0 Å². The molecule has 1 rings (SSSR count). The second-order valence-electron chi connectivity index (χ2n) is 4.20. The number of hydrogen-bond acceptors (Lipinski definition) is 4. The molecular weight excluding hydrogens is 278 g/mol. The van der Waals surface area contributed by atoms with Crippen molar-refractivity contribution < 1.29 is 17.2 Å². The summed E-state index contributed by atoms with van der Waals surface area (Å²) in [6.07, 6.45) is 2.15. The molecule has 9 heteroatoms. The molecule has 0 radical (unpaired) electrons. The SMILES string of the molecule is CCCn1cc(S(=O)(=O)NCC(F)(F)CN)nc1C. The van der Waals surface area contributed by atoms with Crippen LogP contribution in [0.1, 0.15) is 19.2 Å². The first-order valence-corrected chi connectivity index (χ1v) is 7.31. The minimum absolute atomic E-state index is 0.258. The Morgan fingerprint density at radius 2 is 2.16 bits per heavy atom. The first kappa shape index (κ1) is 16.0. The Labute approximate surface area is 111 Å². The Morgan fingerprint density at radius 3 is 2.68 bits per heavy atom. The lowest BCUT2D eigenvalue weighted by molar-refractivity contribution is 0.0170. The van der Waals surface area contributed by atoms with Crippen molar-refractivity contribution in [3.8, 4) is 0 Å². The molecule has 1 aromatic heterocycles. The van der Waals surface area contributed by atoms with E-state index in [0.717, 1.165) is 6.42 Å². The van der Waals surface area contributed by atoms with E-state index in [1.807, 2.05) is 11.6 Å². The van der Waals surface area contributed by atoms with E-state index >= 15 is 0 Å². The van der Waals surface area contributed by atoms with E-state index < -0.39 is 29.0 Å². The molecule has 1 aromatic rings. The maximum atomic E-state index is 12.9. The maximum Gasteiger partial charge on any atom is 0.273 e. The standard InChI is InChI=1S/C10H18F2N4O2S/c1-3-4-16-5-9(15-8(16)2)19(17,18)14-7-10(11,12)6-13/h5,14H,3-4,6-7,13H2,1-2H3. The smallest absolute Gasteiger partial charge is 0.273 e. The number of aryl methyl sites for hydroxylation is 2. The topological polar surface area (TPSA) is 90.0 Å². The van der Waals surface area contributed by atoms with E-state index in [9.17, 15) is 17.2 Å². The average Bonchev–Trinajstić information content (AvgIpc) is 2.70. The lowest BCUT2D eigenvalue weighted by Crippen LogP contribution is -2.41. The fourth-order valence-corrected chi connectivity index (χ4v) is 2.49. The van der Waals surface area contributed by atoms with Crippen LogP contribution >= 0.6 is 0 Å². The van der Waals surface area contributed by atoms with Crippen LogP contribution in [-0.2, 0) is 16.6 Å². The predicted octanol–water partition coefficient (Wildman–Crippen LogP) is 0.474. The van der Waals surface area contributed by atoms with Crippen molar-refractivity contribution in [2.24, 2.45) is 5.73 Å². The summed E-state index contributed by atoms with van der Waals surface area (Å²) >= 11 is 0. The first-order chi connectivity index (χ1) is 8.72. The van der Waals surface area contributed by atoms with E-state index in [2.05, 4.69) is 4.98 Å². The number of rotatable bonds is 7. The summed E-state index contributed by atoms with van der Waals surface area (Å²) in [5.41, 5.74) is 4.84. The van der Waals surface area contributed by atoms with Crippen molar-refractivity contribution in [1.29, 1.82) is 0 Å². The Bertz CT molecular complexity index is 528. The quantitative estimate of drug-likeness (QED) is 0.765. The fraction of sp³-hybridized carbons (Fsp3) is 0.700. The molecule has 6 nitrogen and oxygen atoms in total. The number of alkyl halides is 2. The van der Waals surface area contributed by atoms with Crippen molar-refractivity contribution in [3.05, 3.63) is 12.0 Å². The molecule has 0 aliphatic heterocycles. The number of hydrogen-bond donors (Lipinski definition) is 2. The van der Waals surface area contributed by atoms with Crippen molar-refractivity contribution in [2.45, 2.75) is 37.8 Å². The van der Waals surface area contributed by atoms with E-state index in [4.69, 9.17) is 5.73 Å². The summed E-state index contributed by atoms with van der Waals surface area (Å²) < 4.78 is 52.9. The monoisotopic (exact) mass is 296 g/mol. The van der Waals surface area contributed by atoms with Crippen molar-refractivity contribution in [3.63, 3.8) is 0 Å². The minimum atomic E-state index is -4.04. The summed E-state index contributed by atoms with van der Waals surface area (Å²) in [4.78, 5) is 3.86. The molecule has 0 bridgehead atoms. The van der Waals surface area contributed by atoms with Gasteiger partial charge in [0, 0.05) is 12.7 Å². The Kier molecular flexibility index (Phi) is 4.99. The van der Waals surface area contributed by atoms with Crippen LogP contribution in [0, 0.1) is 6.92 Å². The van der Waals surface area contributed by atoms with Gasteiger partial charge in [0.25, 0.3) is 15.9 Å². The zero-order valence-corrected chi connectivity index (χ0v) is 11.7. The highest BCUT2D eigenvalue weighted by Crippen LogP contribution is 2.13. The predicted molar refractivity (Wildman–Crippen MR) is 66.4 cm³/mol. The Morgan fingerprint density at radius 1 is 1.53 bits per heavy atom. The molecule has 0 saturated heterocycles. The van der Waals surface area contributed by atoms with Gasteiger partial charge in [-0.15, -0.1) is 0 Å². The maximum absolute atomic E-state index is 12.9. The van der Waals surface area contributed by atoms with Gasteiger partial charge in [-0.05, 0) is 13.3 Å². The number of imidazole rings is 1. The number of nitrogens with one attached hydrogen (secondary N) is 1. The lowest BCUT2D eigenvalue weighted by atomic mass is 10.3. The summed E-state index contributed by atoms with van der Waals surface area (Å²) in [6.45, 7) is 2.26. The van der Waals surface area contributed by atoms with Crippen LogP contribution < -0.4 is 10.5 Å². The Balaban J connectivity index is 2.86. The zero-order chi connectivity index (χ0) is 14.7. The second kappa shape index (κ2) is 5.93. The van der Waals surface area contributed by atoms with Gasteiger partial charge < -0.3 is 10.3 Å². The van der Waals surface area contributed by atoms with Gasteiger partial charge >= 0.3 is 0 Å². The summed E-state index contributed by atoms with van der Waals surface area (Å²) in [7, 11) is -4.04. The molecule has 0 fully saturated rings. The molecule has 0 unspecified atom stereocenters. The third-order valence-corrected chi connectivity index (χ3v) is 3.78. The van der Waals surface area contributed by atoms with E-state index in [-0.39, 0.29) is 5.03 Å². The van der Waals surface area contributed by atoms with Gasteiger partial charge in [-0.1, -0.05) is 6.92 Å². The third kappa shape index (κ3) is 4.22. The first-order valence-electron chi connectivity index (χ1n) is 5.83.